The molecule has 2 aromatic carbocycles. The molecule has 2 aromatic rings. The molecule has 1 spiro atoms. The average molecular weight is 437 g/mol. The third-order valence-electron chi connectivity index (χ3n) is 6.90. The van der Waals surface area contributed by atoms with Gasteiger partial charge in [-0.05, 0) is 68.0 Å². The zero-order valence-electron chi connectivity index (χ0n) is 19.7. The number of methoxy groups -OCH3 is 1. The molecule has 0 aliphatic carbocycles. The number of para-hydroxylation sites is 1. The molecule has 2 aliphatic rings. The van der Waals surface area contributed by atoms with E-state index in [1.165, 1.54) is 5.56 Å². The van der Waals surface area contributed by atoms with Crippen molar-refractivity contribution in [1.29, 1.82) is 0 Å². The number of hydrogen-bond donors (Lipinski definition) is 0. The van der Waals surface area contributed by atoms with Gasteiger partial charge < -0.3 is 14.4 Å². The maximum Gasteiger partial charge on any atom is 0.254 e. The zero-order valence-corrected chi connectivity index (χ0v) is 19.7. The summed E-state index contributed by atoms with van der Waals surface area (Å²) in [5.41, 5.74) is 2.25. The first-order valence-corrected chi connectivity index (χ1v) is 11.8. The van der Waals surface area contributed by atoms with Crippen LogP contribution in [0.1, 0.15) is 49.0 Å². The molecule has 5 nitrogen and oxygen atoms in total. The average Bonchev–Trinajstić information content (AvgIpc) is 3.23. The van der Waals surface area contributed by atoms with Gasteiger partial charge in [-0.3, -0.25) is 9.69 Å². The molecule has 2 fully saturated rings. The molecule has 32 heavy (non-hydrogen) atoms. The second kappa shape index (κ2) is 9.95. The summed E-state index contributed by atoms with van der Waals surface area (Å²) in [5, 5.41) is 0. The number of hydrogen-bond acceptors (Lipinski definition) is 4. The Morgan fingerprint density at radius 2 is 1.78 bits per heavy atom. The predicted octanol–water partition coefficient (Wildman–Crippen LogP) is 4.86. The number of likely N-dealkylation sites (tertiary alicyclic amines) is 2. The van der Waals surface area contributed by atoms with Crippen molar-refractivity contribution in [2.24, 2.45) is 11.3 Å². The lowest BCUT2D eigenvalue weighted by molar-refractivity contribution is 0.0712. The summed E-state index contributed by atoms with van der Waals surface area (Å²) in [5.74, 6) is 2.38. The standard InChI is InChI=1S/C27H36N2O3/c1-21(2)19-32-25-10-5-4-7-23(25)18-28-14-11-27(12-15-28)13-16-29(20-27)26(30)22-8-6-9-24(17-22)31-3/h4-10,17,21H,11-16,18-20H2,1-3H3. The smallest absolute Gasteiger partial charge is 0.254 e. The summed E-state index contributed by atoms with van der Waals surface area (Å²) >= 11 is 0. The maximum atomic E-state index is 13.0. The molecule has 172 valence electrons. The Kier molecular flexibility index (Phi) is 7.04. The minimum atomic E-state index is 0.124. The van der Waals surface area contributed by atoms with Crippen molar-refractivity contribution < 1.29 is 14.3 Å². The van der Waals surface area contributed by atoms with Crippen LogP contribution in [0, 0.1) is 11.3 Å². The molecule has 0 radical (unpaired) electrons. The van der Waals surface area contributed by atoms with Crippen LogP contribution in [0.3, 0.4) is 0 Å². The fourth-order valence-corrected chi connectivity index (χ4v) is 4.91. The van der Waals surface area contributed by atoms with E-state index in [0.29, 0.717) is 5.92 Å². The maximum absolute atomic E-state index is 13.0. The second-order valence-electron chi connectivity index (χ2n) is 9.80. The predicted molar refractivity (Wildman–Crippen MR) is 127 cm³/mol. The summed E-state index contributed by atoms with van der Waals surface area (Å²) in [6.07, 6.45) is 3.39. The molecule has 0 N–H and O–H groups in total. The quantitative estimate of drug-likeness (QED) is 0.622. The van der Waals surface area contributed by atoms with Crippen molar-refractivity contribution in [3.05, 3.63) is 59.7 Å². The molecule has 0 saturated carbocycles. The Labute approximate surface area is 192 Å². The summed E-state index contributed by atoms with van der Waals surface area (Å²) in [6.45, 7) is 9.88. The lowest BCUT2D eigenvalue weighted by Gasteiger charge is -2.39. The van der Waals surface area contributed by atoms with Crippen molar-refractivity contribution >= 4 is 5.91 Å². The first-order valence-electron chi connectivity index (χ1n) is 11.8. The first-order chi connectivity index (χ1) is 15.5. The lowest BCUT2D eigenvalue weighted by atomic mass is 9.77. The van der Waals surface area contributed by atoms with Gasteiger partial charge in [0.2, 0.25) is 0 Å². The van der Waals surface area contributed by atoms with Crippen LogP contribution in [0.5, 0.6) is 11.5 Å². The van der Waals surface area contributed by atoms with Crippen LogP contribution in [0.2, 0.25) is 0 Å². The molecule has 0 aromatic heterocycles. The van der Waals surface area contributed by atoms with Gasteiger partial charge in [0.1, 0.15) is 11.5 Å². The van der Waals surface area contributed by atoms with Crippen LogP contribution < -0.4 is 9.47 Å². The molecular formula is C27H36N2O3. The molecular weight excluding hydrogens is 400 g/mol. The Morgan fingerprint density at radius 1 is 1.03 bits per heavy atom. The molecule has 1 amide bonds. The summed E-state index contributed by atoms with van der Waals surface area (Å²) in [7, 11) is 1.64. The van der Waals surface area contributed by atoms with E-state index in [9.17, 15) is 4.79 Å². The van der Waals surface area contributed by atoms with Crippen LogP contribution in [0.15, 0.2) is 48.5 Å². The van der Waals surface area contributed by atoms with Crippen molar-refractivity contribution in [2.75, 3.05) is 39.9 Å². The van der Waals surface area contributed by atoms with E-state index in [4.69, 9.17) is 9.47 Å². The highest BCUT2D eigenvalue weighted by atomic mass is 16.5. The van der Waals surface area contributed by atoms with E-state index in [0.717, 1.165) is 75.7 Å². The Balaban J connectivity index is 1.33. The van der Waals surface area contributed by atoms with Crippen LogP contribution in [-0.4, -0.2) is 55.6 Å². The molecule has 5 heteroatoms. The largest absolute Gasteiger partial charge is 0.497 e. The number of rotatable bonds is 7. The third kappa shape index (κ3) is 5.26. The molecule has 2 heterocycles. The fourth-order valence-electron chi connectivity index (χ4n) is 4.91. The number of carbonyl (C=O) groups excluding carboxylic acids is 1. The summed E-state index contributed by atoms with van der Waals surface area (Å²) < 4.78 is 11.3. The zero-order chi connectivity index (χ0) is 22.6. The minimum Gasteiger partial charge on any atom is -0.497 e. The van der Waals surface area contributed by atoms with Gasteiger partial charge in [-0.25, -0.2) is 0 Å². The van der Waals surface area contributed by atoms with Gasteiger partial charge in [-0.1, -0.05) is 38.1 Å². The Hall–Kier alpha value is -2.53. The number of amides is 1. The molecule has 2 aliphatic heterocycles. The molecule has 2 saturated heterocycles. The minimum absolute atomic E-state index is 0.124. The second-order valence-corrected chi connectivity index (χ2v) is 9.80. The van der Waals surface area contributed by atoms with E-state index in [1.54, 1.807) is 7.11 Å². The first kappa shape index (κ1) is 22.7. The topological polar surface area (TPSA) is 42.0 Å². The van der Waals surface area contributed by atoms with Crippen LogP contribution in [0.4, 0.5) is 0 Å². The summed E-state index contributed by atoms with van der Waals surface area (Å²) in [6, 6.07) is 15.9. The molecule has 4 rings (SSSR count). The Morgan fingerprint density at radius 3 is 2.53 bits per heavy atom. The van der Waals surface area contributed by atoms with Gasteiger partial charge in [-0.2, -0.15) is 0 Å². The third-order valence-corrected chi connectivity index (χ3v) is 6.90. The number of benzene rings is 2. The van der Waals surface area contributed by atoms with Gasteiger partial charge in [0.05, 0.1) is 13.7 Å². The van der Waals surface area contributed by atoms with Gasteiger partial charge in [0, 0.05) is 30.8 Å². The number of nitrogens with zero attached hydrogens (tertiary/aromatic N) is 2. The van der Waals surface area contributed by atoms with Crippen molar-refractivity contribution in [2.45, 2.75) is 39.7 Å². The fraction of sp³-hybridized carbons (Fsp3) is 0.519. The van der Waals surface area contributed by atoms with E-state index in [-0.39, 0.29) is 11.3 Å². The van der Waals surface area contributed by atoms with Crippen LogP contribution >= 0.6 is 0 Å². The SMILES string of the molecule is COc1cccc(C(=O)N2CCC3(CCN(Cc4ccccc4OCC(C)C)CC3)C2)c1. The molecule has 0 unspecified atom stereocenters. The molecule has 0 atom stereocenters. The van der Waals surface area contributed by atoms with Crippen LogP contribution in [0.25, 0.3) is 0 Å². The van der Waals surface area contributed by atoms with Gasteiger partial charge in [0.15, 0.2) is 0 Å². The van der Waals surface area contributed by atoms with E-state index in [2.05, 4.69) is 43.0 Å². The monoisotopic (exact) mass is 436 g/mol. The van der Waals surface area contributed by atoms with E-state index < -0.39 is 0 Å². The number of ether oxygens (including phenoxy) is 2. The van der Waals surface area contributed by atoms with Gasteiger partial charge in [0.25, 0.3) is 5.91 Å². The van der Waals surface area contributed by atoms with Gasteiger partial charge in [-0.15, -0.1) is 0 Å². The highest BCUT2D eigenvalue weighted by Gasteiger charge is 2.42. The van der Waals surface area contributed by atoms with E-state index in [1.807, 2.05) is 29.2 Å². The van der Waals surface area contributed by atoms with Crippen molar-refractivity contribution in [3.63, 3.8) is 0 Å². The highest BCUT2D eigenvalue weighted by Crippen LogP contribution is 2.41. The number of piperidine rings is 1. The molecule has 0 bridgehead atoms. The van der Waals surface area contributed by atoms with E-state index >= 15 is 0 Å². The Bertz CT molecular complexity index is 919. The normalized spacial score (nSPS) is 18.3. The van der Waals surface area contributed by atoms with Crippen molar-refractivity contribution in [3.8, 4) is 11.5 Å². The lowest BCUT2D eigenvalue weighted by Crippen LogP contribution is -2.42. The van der Waals surface area contributed by atoms with Crippen molar-refractivity contribution in [1.82, 2.24) is 9.80 Å². The van der Waals surface area contributed by atoms with Gasteiger partial charge >= 0.3 is 0 Å². The highest BCUT2D eigenvalue weighted by molar-refractivity contribution is 5.94. The number of carbonyl (C=O) groups is 1. The summed E-state index contributed by atoms with van der Waals surface area (Å²) in [4.78, 5) is 17.6. The van der Waals surface area contributed by atoms with Crippen LogP contribution in [-0.2, 0) is 6.54 Å².